The van der Waals surface area contributed by atoms with Crippen LogP contribution in [-0.4, -0.2) is 4.57 Å². The topological polar surface area (TPSA) is 8.17 Å². The summed E-state index contributed by atoms with van der Waals surface area (Å²) in [5.41, 5.74) is 12.3. The Morgan fingerprint density at radius 1 is 0.400 bits per heavy atom. The molecule has 2 heteroatoms. The standard InChI is InChI=1S/C48H40N2/c1-5-16-36(17-6-1)37-26-28-41(29-27-37)49(42-23-15-20-39(34-42)48(32-13-4-14-33-48)38-18-7-2-8-19-38)43-30-31-45-44-24-11-12-25-46(44)50(47(45)35-43)40-21-9-3-10-22-40/h1-3,5-12,15-31,34-35H,4,13-14,32-33H2. The Morgan fingerprint density at radius 3 is 1.74 bits per heavy atom. The third kappa shape index (κ3) is 5.29. The fourth-order valence-electron chi connectivity index (χ4n) is 8.43. The number of anilines is 3. The maximum absolute atomic E-state index is 2.47. The van der Waals surface area contributed by atoms with E-state index in [4.69, 9.17) is 0 Å². The van der Waals surface area contributed by atoms with Crippen molar-refractivity contribution in [2.24, 2.45) is 0 Å². The molecule has 9 rings (SSSR count). The molecule has 1 heterocycles. The van der Waals surface area contributed by atoms with Gasteiger partial charge in [0.1, 0.15) is 0 Å². The number of benzene rings is 7. The summed E-state index contributed by atoms with van der Waals surface area (Å²) in [6.07, 6.45) is 6.17. The third-order valence-corrected chi connectivity index (χ3v) is 10.9. The number of nitrogens with zero attached hydrogens (tertiary/aromatic N) is 2. The first-order chi connectivity index (χ1) is 24.8. The van der Waals surface area contributed by atoms with Crippen LogP contribution in [0.1, 0.15) is 43.2 Å². The van der Waals surface area contributed by atoms with Gasteiger partial charge in [-0.05, 0) is 89.7 Å². The summed E-state index contributed by atoms with van der Waals surface area (Å²) < 4.78 is 2.41. The fraction of sp³-hybridized carbons (Fsp3) is 0.125. The van der Waals surface area contributed by atoms with E-state index >= 15 is 0 Å². The van der Waals surface area contributed by atoms with Gasteiger partial charge in [0.25, 0.3) is 0 Å². The van der Waals surface area contributed by atoms with Crippen molar-refractivity contribution in [2.75, 3.05) is 4.90 Å². The van der Waals surface area contributed by atoms with Gasteiger partial charge in [0.2, 0.25) is 0 Å². The van der Waals surface area contributed by atoms with Crippen LogP contribution < -0.4 is 4.90 Å². The molecule has 242 valence electrons. The minimum absolute atomic E-state index is 0.0159. The minimum atomic E-state index is 0.0159. The lowest BCUT2D eigenvalue weighted by atomic mass is 9.65. The van der Waals surface area contributed by atoms with Gasteiger partial charge in [-0.2, -0.15) is 0 Å². The summed E-state index contributed by atoms with van der Waals surface area (Å²) in [7, 11) is 0. The van der Waals surface area contributed by atoms with E-state index < -0.39 is 0 Å². The second kappa shape index (κ2) is 12.9. The molecule has 0 radical (unpaired) electrons. The molecule has 0 atom stereocenters. The molecule has 0 spiro atoms. The van der Waals surface area contributed by atoms with E-state index in [-0.39, 0.29) is 5.41 Å². The zero-order valence-corrected chi connectivity index (χ0v) is 28.3. The zero-order chi connectivity index (χ0) is 33.3. The largest absolute Gasteiger partial charge is 0.310 e. The predicted octanol–water partition coefficient (Wildman–Crippen LogP) is 13.2. The van der Waals surface area contributed by atoms with Crippen molar-refractivity contribution in [3.63, 3.8) is 0 Å². The van der Waals surface area contributed by atoms with Gasteiger partial charge in [0, 0.05) is 38.9 Å². The Kier molecular flexibility index (Phi) is 7.78. The molecule has 0 aliphatic heterocycles. The lowest BCUT2D eigenvalue weighted by molar-refractivity contribution is 0.346. The van der Waals surface area contributed by atoms with Crippen LogP contribution in [0.3, 0.4) is 0 Å². The Labute approximate surface area is 294 Å². The predicted molar refractivity (Wildman–Crippen MR) is 211 cm³/mol. The van der Waals surface area contributed by atoms with Crippen molar-refractivity contribution in [2.45, 2.75) is 37.5 Å². The van der Waals surface area contributed by atoms with Gasteiger partial charge >= 0.3 is 0 Å². The first-order valence-corrected chi connectivity index (χ1v) is 18.0. The van der Waals surface area contributed by atoms with Gasteiger partial charge < -0.3 is 9.47 Å². The van der Waals surface area contributed by atoms with E-state index in [0.29, 0.717) is 0 Å². The molecule has 1 aliphatic carbocycles. The van der Waals surface area contributed by atoms with Crippen LogP contribution >= 0.6 is 0 Å². The normalized spacial score (nSPS) is 14.2. The molecular weight excluding hydrogens is 605 g/mol. The van der Waals surface area contributed by atoms with Crippen molar-refractivity contribution in [3.05, 3.63) is 193 Å². The first kappa shape index (κ1) is 30.2. The number of rotatable bonds is 7. The van der Waals surface area contributed by atoms with Gasteiger partial charge in [0.15, 0.2) is 0 Å². The molecule has 8 aromatic rings. The van der Waals surface area contributed by atoms with Gasteiger partial charge in [-0.1, -0.05) is 147 Å². The number of hydrogen-bond donors (Lipinski definition) is 0. The van der Waals surface area contributed by atoms with Crippen molar-refractivity contribution < 1.29 is 0 Å². The molecule has 0 amide bonds. The highest BCUT2D eigenvalue weighted by Gasteiger charge is 2.36. The quantitative estimate of drug-likeness (QED) is 0.168. The molecule has 1 aliphatic rings. The van der Waals surface area contributed by atoms with Crippen LogP contribution in [0.15, 0.2) is 182 Å². The summed E-state index contributed by atoms with van der Waals surface area (Å²) in [5.74, 6) is 0. The van der Waals surface area contributed by atoms with Crippen molar-refractivity contribution in [1.29, 1.82) is 0 Å². The summed E-state index contributed by atoms with van der Waals surface area (Å²) >= 11 is 0. The van der Waals surface area contributed by atoms with E-state index in [0.717, 1.165) is 11.4 Å². The number of fused-ring (bicyclic) bond motifs is 3. The summed E-state index contributed by atoms with van der Waals surface area (Å²) in [6, 6.07) is 66.9. The molecule has 2 nitrogen and oxygen atoms in total. The van der Waals surface area contributed by atoms with E-state index in [1.165, 1.54) is 87.5 Å². The van der Waals surface area contributed by atoms with Gasteiger partial charge in [-0.25, -0.2) is 0 Å². The molecule has 1 fully saturated rings. The first-order valence-electron chi connectivity index (χ1n) is 18.0. The highest BCUT2D eigenvalue weighted by molar-refractivity contribution is 6.10. The molecule has 7 aromatic carbocycles. The highest BCUT2D eigenvalue weighted by Crippen LogP contribution is 2.47. The molecule has 50 heavy (non-hydrogen) atoms. The summed E-state index contributed by atoms with van der Waals surface area (Å²) in [6.45, 7) is 0. The molecular formula is C48H40N2. The molecule has 0 unspecified atom stereocenters. The fourth-order valence-corrected chi connectivity index (χ4v) is 8.43. The smallest absolute Gasteiger partial charge is 0.0561 e. The number of aromatic nitrogens is 1. The molecule has 1 saturated carbocycles. The number of para-hydroxylation sites is 2. The summed E-state index contributed by atoms with van der Waals surface area (Å²) in [5, 5.41) is 2.52. The molecule has 0 saturated heterocycles. The Morgan fingerprint density at radius 2 is 0.980 bits per heavy atom. The Balaban J connectivity index is 1.24. The maximum Gasteiger partial charge on any atom is 0.0561 e. The second-order valence-electron chi connectivity index (χ2n) is 13.7. The van der Waals surface area contributed by atoms with Crippen LogP contribution in [-0.2, 0) is 5.41 Å². The van der Waals surface area contributed by atoms with Crippen molar-refractivity contribution >= 4 is 38.9 Å². The summed E-state index contributed by atoms with van der Waals surface area (Å²) in [4.78, 5) is 2.45. The van der Waals surface area contributed by atoms with Crippen LogP contribution in [0.2, 0.25) is 0 Å². The molecule has 0 N–H and O–H groups in total. The minimum Gasteiger partial charge on any atom is -0.310 e. The Hall–Kier alpha value is -5.86. The van der Waals surface area contributed by atoms with E-state index in [1.54, 1.807) is 0 Å². The van der Waals surface area contributed by atoms with Gasteiger partial charge in [-0.15, -0.1) is 0 Å². The van der Waals surface area contributed by atoms with E-state index in [2.05, 4.69) is 191 Å². The highest BCUT2D eigenvalue weighted by atomic mass is 15.1. The molecule has 0 bridgehead atoms. The van der Waals surface area contributed by atoms with Crippen LogP contribution in [0, 0.1) is 0 Å². The Bertz CT molecular complexity index is 2380. The monoisotopic (exact) mass is 644 g/mol. The number of hydrogen-bond acceptors (Lipinski definition) is 1. The lowest BCUT2D eigenvalue weighted by Gasteiger charge is -2.39. The molecule has 1 aromatic heterocycles. The van der Waals surface area contributed by atoms with Crippen molar-refractivity contribution in [3.8, 4) is 16.8 Å². The average molecular weight is 645 g/mol. The second-order valence-corrected chi connectivity index (χ2v) is 13.7. The average Bonchev–Trinajstić information content (AvgIpc) is 3.53. The van der Waals surface area contributed by atoms with Crippen LogP contribution in [0.25, 0.3) is 38.6 Å². The SMILES string of the molecule is c1ccc(-c2ccc(N(c3cccc(C4(c5ccccc5)CCCCC4)c3)c3ccc4c5ccccc5n(-c5ccccc5)c4c3)cc2)cc1. The lowest BCUT2D eigenvalue weighted by Crippen LogP contribution is -2.30. The van der Waals surface area contributed by atoms with E-state index in [9.17, 15) is 0 Å². The van der Waals surface area contributed by atoms with E-state index in [1.807, 2.05) is 0 Å². The van der Waals surface area contributed by atoms with Crippen LogP contribution in [0.4, 0.5) is 17.1 Å². The van der Waals surface area contributed by atoms with Crippen LogP contribution in [0.5, 0.6) is 0 Å². The third-order valence-electron chi connectivity index (χ3n) is 10.9. The maximum atomic E-state index is 2.47. The van der Waals surface area contributed by atoms with Gasteiger partial charge in [-0.3, -0.25) is 0 Å². The van der Waals surface area contributed by atoms with Crippen molar-refractivity contribution in [1.82, 2.24) is 4.57 Å². The zero-order valence-electron chi connectivity index (χ0n) is 28.3. The van der Waals surface area contributed by atoms with Gasteiger partial charge in [0.05, 0.1) is 11.0 Å².